The Labute approximate surface area is 478 Å². The van der Waals surface area contributed by atoms with Gasteiger partial charge in [-0.2, -0.15) is 0 Å². The van der Waals surface area contributed by atoms with E-state index in [9.17, 15) is 0 Å². The standard InChI is InChI=1S/C75H83BN2S/c1-44-36-63-66-64(37-44)78(61-41-57-54(70(5,6)30-33-73(57,11)12)38-52(61)50-23-19-22-49-48-21-18-17-20-45(48)24-29-51(49)50)62-42-58-56(72(9,10)32-34-74(58,13)14)40-60(62)76(66)68-67(77(63)47-27-25-46(26-28-47)69(2,3)4)53-39-55-59(43-65(53)79-68)75(15,16)35-31-71(55,7)8/h17-21,23-29,36-43,49H,22,30-35H2,1-16H3. The highest BCUT2D eigenvalue weighted by atomic mass is 32.1. The van der Waals surface area contributed by atoms with Crippen molar-refractivity contribution in [1.82, 2.24) is 0 Å². The Kier molecular flexibility index (Phi) is 10.8. The molecule has 1 aromatic heterocycles. The summed E-state index contributed by atoms with van der Waals surface area (Å²) in [5.41, 5.74) is 29.8. The summed E-state index contributed by atoms with van der Waals surface area (Å²) < 4.78 is 2.89. The Morgan fingerprint density at radius 3 is 1.67 bits per heavy atom. The summed E-state index contributed by atoms with van der Waals surface area (Å²) in [4.78, 5) is 5.56. The van der Waals surface area contributed by atoms with Crippen LogP contribution in [0.2, 0.25) is 0 Å². The van der Waals surface area contributed by atoms with Gasteiger partial charge in [0.1, 0.15) is 0 Å². The van der Waals surface area contributed by atoms with Gasteiger partial charge in [0.25, 0.3) is 6.71 Å². The van der Waals surface area contributed by atoms with E-state index in [-0.39, 0.29) is 44.6 Å². The van der Waals surface area contributed by atoms with E-state index < -0.39 is 0 Å². The van der Waals surface area contributed by atoms with Crippen LogP contribution in [0.25, 0.3) is 21.7 Å². The molecule has 14 rings (SSSR count). The van der Waals surface area contributed by atoms with Crippen molar-refractivity contribution in [3.63, 3.8) is 0 Å². The van der Waals surface area contributed by atoms with Gasteiger partial charge in [-0.05, 0) is 222 Å². The van der Waals surface area contributed by atoms with Crippen molar-refractivity contribution in [2.45, 2.75) is 200 Å². The lowest BCUT2D eigenvalue weighted by atomic mass is 9.35. The van der Waals surface area contributed by atoms with Crippen LogP contribution >= 0.6 is 11.3 Å². The fourth-order valence-electron chi connectivity index (χ4n) is 16.0. The quantitative estimate of drug-likeness (QED) is 0.163. The Balaban J connectivity index is 1.13. The second kappa shape index (κ2) is 16.6. The first-order valence-corrected chi connectivity index (χ1v) is 31.0. The van der Waals surface area contributed by atoms with Crippen molar-refractivity contribution < 1.29 is 0 Å². The van der Waals surface area contributed by atoms with Crippen LogP contribution in [-0.2, 0) is 37.9 Å². The largest absolute Gasteiger partial charge is 0.311 e. The predicted octanol–water partition coefficient (Wildman–Crippen LogP) is 19.2. The molecule has 0 saturated heterocycles. The van der Waals surface area contributed by atoms with Gasteiger partial charge in [-0.15, -0.1) is 11.3 Å². The van der Waals surface area contributed by atoms with Crippen molar-refractivity contribution in [1.29, 1.82) is 0 Å². The summed E-state index contributed by atoms with van der Waals surface area (Å²) in [5.74, 6) is 0.306. The van der Waals surface area contributed by atoms with Gasteiger partial charge >= 0.3 is 0 Å². The van der Waals surface area contributed by atoms with Gasteiger partial charge in [-0.25, -0.2) is 0 Å². The fourth-order valence-corrected chi connectivity index (χ4v) is 17.4. The summed E-state index contributed by atoms with van der Waals surface area (Å²) >= 11 is 2.09. The number of hydrogen-bond acceptors (Lipinski definition) is 3. The smallest absolute Gasteiger partial charge is 0.264 e. The van der Waals surface area contributed by atoms with Crippen LogP contribution in [-0.4, -0.2) is 6.71 Å². The van der Waals surface area contributed by atoms with Crippen molar-refractivity contribution in [2.24, 2.45) is 0 Å². The second-order valence-electron chi connectivity index (χ2n) is 30.5. The number of fused-ring (bicyclic) bond motifs is 12. The van der Waals surface area contributed by atoms with Crippen LogP contribution in [0.5, 0.6) is 0 Å². The molecule has 7 aliphatic rings. The SMILES string of the molecule is Cc1cc2c3c(c1)N(c1ccc(C(C)(C)C)cc1)c1c(sc4cc5c(cc14)C(C)(C)CCC5(C)C)B3c1cc3c(cc1N2c1cc2c(cc1C1=C4C=Cc5ccccc5C4CC=C1)C(C)(C)CCC2(C)C)C(C)(C)CCC3(C)C. The monoisotopic (exact) mass is 1050 g/mol. The van der Waals surface area contributed by atoms with E-state index in [2.05, 4.69) is 253 Å². The molecule has 0 radical (unpaired) electrons. The summed E-state index contributed by atoms with van der Waals surface area (Å²) in [7, 11) is 0. The lowest BCUT2D eigenvalue weighted by molar-refractivity contribution is 0.332. The maximum atomic E-state index is 2.83. The second-order valence-corrected chi connectivity index (χ2v) is 31.6. The zero-order valence-corrected chi connectivity index (χ0v) is 51.3. The number of nitrogens with zero attached hydrogens (tertiary/aromatic N) is 2. The van der Waals surface area contributed by atoms with E-state index in [1.54, 1.807) is 0 Å². The molecule has 0 amide bonds. The molecule has 0 saturated carbocycles. The molecule has 0 bridgehead atoms. The zero-order valence-electron chi connectivity index (χ0n) is 50.5. The number of hydrogen-bond donors (Lipinski definition) is 0. The normalized spacial score (nSPS) is 21.8. The molecule has 2 nitrogen and oxygen atoms in total. The van der Waals surface area contributed by atoms with Gasteiger partial charge in [0.05, 0.1) is 11.4 Å². The highest BCUT2D eigenvalue weighted by molar-refractivity contribution is 7.33. The molecule has 0 spiro atoms. The van der Waals surface area contributed by atoms with Crippen LogP contribution in [0.3, 0.4) is 0 Å². The first-order valence-electron chi connectivity index (χ1n) is 30.2. The maximum absolute atomic E-state index is 2.83. The van der Waals surface area contributed by atoms with Crippen LogP contribution < -0.4 is 25.5 Å². The maximum Gasteiger partial charge on any atom is 0.264 e. The van der Waals surface area contributed by atoms with Gasteiger partial charge < -0.3 is 9.80 Å². The van der Waals surface area contributed by atoms with Crippen LogP contribution in [0.15, 0.2) is 121 Å². The molecule has 1 unspecified atom stereocenters. The minimum Gasteiger partial charge on any atom is -0.311 e. The van der Waals surface area contributed by atoms with Gasteiger partial charge in [-0.3, -0.25) is 0 Å². The fraction of sp³-hybridized carbons (Fsp3) is 0.413. The molecule has 5 aliphatic carbocycles. The van der Waals surface area contributed by atoms with Crippen molar-refractivity contribution in [2.75, 3.05) is 9.80 Å². The number of thiophene rings is 1. The minimum absolute atomic E-state index is 0.00387. The molecular weight excluding hydrogens is 972 g/mol. The van der Waals surface area contributed by atoms with E-state index in [1.165, 1.54) is 164 Å². The lowest BCUT2D eigenvalue weighted by Gasteiger charge is -2.48. The van der Waals surface area contributed by atoms with Crippen molar-refractivity contribution in [3.05, 3.63) is 182 Å². The Morgan fingerprint density at radius 2 is 1.06 bits per heavy atom. The van der Waals surface area contributed by atoms with E-state index in [1.807, 2.05) is 0 Å². The topological polar surface area (TPSA) is 6.48 Å². The van der Waals surface area contributed by atoms with Crippen molar-refractivity contribution >= 4 is 89.6 Å². The number of allylic oxidation sites excluding steroid dienone is 5. The summed E-state index contributed by atoms with van der Waals surface area (Å²) in [6.07, 6.45) is 17.9. The van der Waals surface area contributed by atoms with Crippen LogP contribution in [0, 0.1) is 6.92 Å². The Morgan fingerprint density at radius 1 is 0.532 bits per heavy atom. The number of rotatable bonds is 3. The predicted molar refractivity (Wildman–Crippen MR) is 344 cm³/mol. The molecule has 4 heteroatoms. The van der Waals surface area contributed by atoms with E-state index in [4.69, 9.17) is 0 Å². The average Bonchev–Trinajstić information content (AvgIpc) is 2.89. The molecule has 7 aromatic rings. The van der Waals surface area contributed by atoms with E-state index in [0.29, 0.717) is 5.92 Å². The molecule has 402 valence electrons. The summed E-state index contributed by atoms with van der Waals surface area (Å²) in [6.45, 7) is 39.6. The molecule has 0 fully saturated rings. The van der Waals surface area contributed by atoms with Gasteiger partial charge in [0.2, 0.25) is 0 Å². The summed E-state index contributed by atoms with van der Waals surface area (Å²) in [6, 6.07) is 40.2. The molecule has 79 heavy (non-hydrogen) atoms. The van der Waals surface area contributed by atoms with Gasteiger partial charge in [0.15, 0.2) is 0 Å². The Hall–Kier alpha value is -5.84. The number of aryl methyl sites for hydroxylation is 1. The highest BCUT2D eigenvalue weighted by Gasteiger charge is 2.50. The number of benzene rings is 6. The average molecular weight is 1060 g/mol. The Bertz CT molecular complexity index is 3890. The third-order valence-electron chi connectivity index (χ3n) is 21.4. The molecule has 0 N–H and O–H groups in total. The molecule has 6 aromatic carbocycles. The van der Waals surface area contributed by atoms with Crippen LogP contribution in [0.1, 0.15) is 216 Å². The number of anilines is 6. The molecular formula is C75H83BN2S. The lowest BCUT2D eigenvalue weighted by Crippen LogP contribution is -2.61. The van der Waals surface area contributed by atoms with Gasteiger partial charge in [-0.1, -0.05) is 171 Å². The van der Waals surface area contributed by atoms with E-state index in [0.717, 1.165) is 12.8 Å². The third kappa shape index (κ3) is 7.53. The molecule has 3 heterocycles. The molecule has 2 aliphatic heterocycles. The van der Waals surface area contributed by atoms with Crippen LogP contribution in [0.4, 0.5) is 34.1 Å². The van der Waals surface area contributed by atoms with Crippen molar-refractivity contribution in [3.8, 4) is 0 Å². The summed E-state index contributed by atoms with van der Waals surface area (Å²) in [5, 5.41) is 1.40. The van der Waals surface area contributed by atoms with E-state index >= 15 is 0 Å². The highest BCUT2D eigenvalue weighted by Crippen LogP contribution is 2.58. The minimum atomic E-state index is 0.00387. The first kappa shape index (κ1) is 51.3. The van der Waals surface area contributed by atoms with Gasteiger partial charge in [0, 0.05) is 49.1 Å². The molecule has 1 atom stereocenters. The third-order valence-corrected chi connectivity index (χ3v) is 22.6. The first-order chi connectivity index (χ1) is 37.2. The zero-order chi connectivity index (χ0) is 55.5.